The van der Waals surface area contributed by atoms with Crippen molar-refractivity contribution in [2.45, 2.75) is 40.2 Å². The van der Waals surface area contributed by atoms with Crippen LogP contribution in [0.3, 0.4) is 0 Å². The van der Waals surface area contributed by atoms with Crippen molar-refractivity contribution in [1.29, 1.82) is 0 Å². The van der Waals surface area contributed by atoms with Crippen molar-refractivity contribution in [2.24, 2.45) is 12.5 Å². The van der Waals surface area contributed by atoms with Crippen molar-refractivity contribution in [3.8, 4) is 0 Å². The average molecular weight is 348 g/mol. The zero-order valence-corrected chi connectivity index (χ0v) is 15.1. The summed E-state index contributed by atoms with van der Waals surface area (Å²) in [6.45, 7) is 6.28. The predicted molar refractivity (Wildman–Crippen MR) is 94.2 cm³/mol. The number of aryl methyl sites for hydroxylation is 1. The molecule has 1 heterocycles. The SMILES string of the molecule is Cn1c(CNC(=O)CCCNC(=O)C(C)(C)C)nc2cc(F)ccc21. The number of nitrogens with one attached hydrogen (secondary N) is 2. The minimum absolute atomic E-state index is 0.0279. The largest absolute Gasteiger partial charge is 0.356 e. The van der Waals surface area contributed by atoms with Crippen molar-refractivity contribution in [1.82, 2.24) is 20.2 Å². The van der Waals surface area contributed by atoms with E-state index in [0.29, 0.717) is 30.7 Å². The van der Waals surface area contributed by atoms with Crippen LogP contribution in [0.4, 0.5) is 4.39 Å². The van der Waals surface area contributed by atoms with Crippen LogP contribution in [-0.4, -0.2) is 27.9 Å². The summed E-state index contributed by atoms with van der Waals surface area (Å²) in [7, 11) is 1.83. The molecule has 0 saturated carbocycles. The van der Waals surface area contributed by atoms with E-state index < -0.39 is 5.41 Å². The van der Waals surface area contributed by atoms with Gasteiger partial charge in [0.15, 0.2) is 0 Å². The van der Waals surface area contributed by atoms with Gasteiger partial charge in [-0.25, -0.2) is 9.37 Å². The summed E-state index contributed by atoms with van der Waals surface area (Å²) in [5.74, 6) is 0.191. The quantitative estimate of drug-likeness (QED) is 0.786. The topological polar surface area (TPSA) is 76.0 Å². The summed E-state index contributed by atoms with van der Waals surface area (Å²) in [5, 5.41) is 5.62. The molecular formula is C18H25FN4O2. The van der Waals surface area contributed by atoms with Gasteiger partial charge in [-0.3, -0.25) is 9.59 Å². The smallest absolute Gasteiger partial charge is 0.225 e. The van der Waals surface area contributed by atoms with E-state index in [0.717, 1.165) is 5.52 Å². The van der Waals surface area contributed by atoms with Crippen molar-refractivity contribution in [2.75, 3.05) is 6.54 Å². The van der Waals surface area contributed by atoms with Crippen LogP contribution in [0.2, 0.25) is 0 Å². The second-order valence-electron chi connectivity index (χ2n) is 7.11. The fourth-order valence-corrected chi connectivity index (χ4v) is 2.36. The molecule has 0 atom stereocenters. The molecule has 0 aliphatic carbocycles. The van der Waals surface area contributed by atoms with Crippen LogP contribution >= 0.6 is 0 Å². The lowest BCUT2D eigenvalue weighted by Crippen LogP contribution is -2.35. The van der Waals surface area contributed by atoms with Gasteiger partial charge < -0.3 is 15.2 Å². The fraction of sp³-hybridized carbons (Fsp3) is 0.500. The molecule has 0 saturated heterocycles. The third-order valence-corrected chi connectivity index (χ3v) is 3.93. The first-order valence-electron chi connectivity index (χ1n) is 8.34. The van der Waals surface area contributed by atoms with Crippen LogP contribution in [0.25, 0.3) is 11.0 Å². The normalized spacial score (nSPS) is 11.6. The molecule has 1 aromatic carbocycles. The van der Waals surface area contributed by atoms with Gasteiger partial charge in [0.1, 0.15) is 11.6 Å². The molecule has 2 N–H and O–H groups in total. The van der Waals surface area contributed by atoms with Gasteiger partial charge >= 0.3 is 0 Å². The van der Waals surface area contributed by atoms with Gasteiger partial charge in [-0.1, -0.05) is 20.8 Å². The number of benzene rings is 1. The van der Waals surface area contributed by atoms with Crippen molar-refractivity contribution in [3.05, 3.63) is 29.8 Å². The first-order valence-corrected chi connectivity index (χ1v) is 8.34. The first kappa shape index (κ1) is 18.9. The lowest BCUT2D eigenvalue weighted by Gasteiger charge is -2.17. The Balaban J connectivity index is 1.79. The predicted octanol–water partition coefficient (Wildman–Crippen LogP) is 2.27. The van der Waals surface area contributed by atoms with E-state index in [2.05, 4.69) is 15.6 Å². The molecule has 0 aliphatic rings. The Morgan fingerprint density at radius 3 is 2.64 bits per heavy atom. The van der Waals surface area contributed by atoms with E-state index in [1.165, 1.54) is 12.1 Å². The molecular weight excluding hydrogens is 323 g/mol. The molecule has 136 valence electrons. The van der Waals surface area contributed by atoms with E-state index in [1.807, 2.05) is 32.4 Å². The summed E-state index contributed by atoms with van der Waals surface area (Å²) in [6.07, 6.45) is 0.893. The van der Waals surface area contributed by atoms with Crippen molar-refractivity contribution < 1.29 is 14.0 Å². The minimum Gasteiger partial charge on any atom is -0.356 e. The van der Waals surface area contributed by atoms with E-state index in [9.17, 15) is 14.0 Å². The molecule has 1 aromatic heterocycles. The fourth-order valence-electron chi connectivity index (χ4n) is 2.36. The minimum atomic E-state index is -0.429. The van der Waals surface area contributed by atoms with Crippen LogP contribution in [0.5, 0.6) is 0 Å². The molecule has 7 heteroatoms. The Morgan fingerprint density at radius 1 is 1.24 bits per heavy atom. The molecule has 2 rings (SSSR count). The Kier molecular flexibility index (Phi) is 5.77. The van der Waals surface area contributed by atoms with Gasteiger partial charge in [-0.15, -0.1) is 0 Å². The Morgan fingerprint density at radius 2 is 1.96 bits per heavy atom. The highest BCUT2D eigenvalue weighted by atomic mass is 19.1. The second-order valence-corrected chi connectivity index (χ2v) is 7.11. The summed E-state index contributed by atoms with van der Waals surface area (Å²) >= 11 is 0. The van der Waals surface area contributed by atoms with Gasteiger partial charge in [0, 0.05) is 31.5 Å². The summed E-state index contributed by atoms with van der Waals surface area (Å²) in [4.78, 5) is 28.0. The van der Waals surface area contributed by atoms with Crippen LogP contribution in [0.1, 0.15) is 39.4 Å². The number of hydrogen-bond donors (Lipinski definition) is 2. The molecule has 2 amide bonds. The number of carbonyl (C=O) groups excluding carboxylic acids is 2. The molecule has 2 aromatic rings. The van der Waals surface area contributed by atoms with Gasteiger partial charge in [0.05, 0.1) is 17.6 Å². The maximum atomic E-state index is 13.2. The summed E-state index contributed by atoms with van der Waals surface area (Å²) in [6, 6.07) is 4.43. The van der Waals surface area contributed by atoms with Gasteiger partial charge in [0.25, 0.3) is 0 Å². The molecule has 0 aliphatic heterocycles. The zero-order chi connectivity index (χ0) is 18.6. The summed E-state index contributed by atoms with van der Waals surface area (Å²) < 4.78 is 15.1. The highest BCUT2D eigenvalue weighted by Gasteiger charge is 2.20. The Labute approximate surface area is 146 Å². The van der Waals surface area contributed by atoms with Gasteiger partial charge in [0.2, 0.25) is 11.8 Å². The standard InChI is InChI=1S/C18H25FN4O2/c1-18(2,3)17(25)20-9-5-6-16(24)21-11-15-22-13-10-12(19)7-8-14(13)23(15)4/h7-8,10H,5-6,9,11H2,1-4H3,(H,20,25)(H,21,24). The third kappa shape index (κ3) is 5.01. The van der Waals surface area contributed by atoms with Crippen LogP contribution in [0.15, 0.2) is 18.2 Å². The number of imidazole rings is 1. The zero-order valence-electron chi connectivity index (χ0n) is 15.1. The lowest BCUT2D eigenvalue weighted by molar-refractivity contribution is -0.128. The number of aromatic nitrogens is 2. The van der Waals surface area contributed by atoms with Gasteiger partial charge in [-0.2, -0.15) is 0 Å². The highest BCUT2D eigenvalue weighted by molar-refractivity contribution is 5.81. The highest BCUT2D eigenvalue weighted by Crippen LogP contribution is 2.16. The van der Waals surface area contributed by atoms with Crippen LogP contribution in [-0.2, 0) is 23.2 Å². The second kappa shape index (κ2) is 7.63. The number of halogens is 1. The van der Waals surface area contributed by atoms with Gasteiger partial charge in [-0.05, 0) is 18.6 Å². The molecule has 0 radical (unpaired) electrons. The Hall–Kier alpha value is -2.44. The van der Waals surface area contributed by atoms with E-state index >= 15 is 0 Å². The molecule has 25 heavy (non-hydrogen) atoms. The number of nitrogens with zero attached hydrogens (tertiary/aromatic N) is 2. The lowest BCUT2D eigenvalue weighted by atomic mass is 9.96. The third-order valence-electron chi connectivity index (χ3n) is 3.93. The average Bonchev–Trinajstić information content (AvgIpc) is 2.83. The molecule has 0 unspecified atom stereocenters. The first-order chi connectivity index (χ1) is 11.7. The summed E-state index contributed by atoms with van der Waals surface area (Å²) in [5.41, 5.74) is 0.953. The molecule has 0 bridgehead atoms. The maximum Gasteiger partial charge on any atom is 0.225 e. The molecule has 0 fully saturated rings. The van der Waals surface area contributed by atoms with E-state index in [1.54, 1.807) is 6.07 Å². The molecule has 6 nitrogen and oxygen atoms in total. The van der Waals surface area contributed by atoms with E-state index in [-0.39, 0.29) is 24.2 Å². The van der Waals surface area contributed by atoms with E-state index in [4.69, 9.17) is 0 Å². The number of hydrogen-bond acceptors (Lipinski definition) is 3. The number of fused-ring (bicyclic) bond motifs is 1. The number of rotatable bonds is 6. The van der Waals surface area contributed by atoms with Crippen molar-refractivity contribution in [3.63, 3.8) is 0 Å². The number of amides is 2. The molecule has 0 spiro atoms. The van der Waals surface area contributed by atoms with Crippen molar-refractivity contribution >= 4 is 22.8 Å². The van der Waals surface area contributed by atoms with Crippen LogP contribution < -0.4 is 10.6 Å². The maximum absolute atomic E-state index is 13.2. The van der Waals surface area contributed by atoms with Crippen LogP contribution in [0, 0.1) is 11.2 Å². The monoisotopic (exact) mass is 348 g/mol. The number of carbonyl (C=O) groups is 2. The Bertz CT molecular complexity index is 777.